The van der Waals surface area contributed by atoms with Crippen molar-refractivity contribution in [2.75, 3.05) is 13.1 Å². The molecule has 0 aliphatic carbocycles. The van der Waals surface area contributed by atoms with Crippen LogP contribution in [0.1, 0.15) is 23.2 Å². The fraction of sp³-hybridized carbons (Fsp3) is 0.417. The lowest BCUT2D eigenvalue weighted by Crippen LogP contribution is -2.45. The van der Waals surface area contributed by atoms with Crippen LogP contribution in [0.2, 0.25) is 0 Å². The van der Waals surface area contributed by atoms with Crippen molar-refractivity contribution < 1.29 is 9.90 Å². The van der Waals surface area contributed by atoms with Crippen molar-refractivity contribution in [1.29, 1.82) is 0 Å². The van der Waals surface area contributed by atoms with Crippen molar-refractivity contribution in [3.8, 4) is 5.75 Å². The van der Waals surface area contributed by atoms with Crippen molar-refractivity contribution >= 4 is 5.91 Å². The van der Waals surface area contributed by atoms with E-state index in [2.05, 4.69) is 10.6 Å². The van der Waals surface area contributed by atoms with Gasteiger partial charge in [-0.15, -0.1) is 0 Å². The van der Waals surface area contributed by atoms with Gasteiger partial charge < -0.3 is 15.7 Å². The molecule has 0 aromatic heterocycles. The van der Waals surface area contributed by atoms with E-state index in [4.69, 9.17) is 0 Å². The molecule has 1 heterocycles. The summed E-state index contributed by atoms with van der Waals surface area (Å²) in [6.45, 7) is 1.82. The lowest BCUT2D eigenvalue weighted by atomic mass is 10.1. The van der Waals surface area contributed by atoms with Gasteiger partial charge in [-0.1, -0.05) is 12.1 Å². The highest BCUT2D eigenvalue weighted by molar-refractivity contribution is 5.96. The number of carbonyl (C=O) groups excluding carboxylic acids is 1. The maximum atomic E-state index is 11.8. The molecule has 1 unspecified atom stereocenters. The summed E-state index contributed by atoms with van der Waals surface area (Å²) in [6, 6.07) is 6.76. The number of hydrogen-bond acceptors (Lipinski definition) is 3. The first kappa shape index (κ1) is 11.0. The minimum Gasteiger partial charge on any atom is -0.507 e. The number of aromatic hydroxyl groups is 1. The van der Waals surface area contributed by atoms with Gasteiger partial charge in [-0.25, -0.2) is 0 Å². The highest BCUT2D eigenvalue weighted by Crippen LogP contribution is 2.15. The molecule has 1 aliphatic rings. The van der Waals surface area contributed by atoms with Gasteiger partial charge in [0.2, 0.25) is 0 Å². The Hall–Kier alpha value is -1.55. The SMILES string of the molecule is O=C(NC1CCCNC1)c1ccccc1O. The van der Waals surface area contributed by atoms with Crippen LogP contribution < -0.4 is 10.6 Å². The van der Waals surface area contributed by atoms with E-state index in [9.17, 15) is 9.90 Å². The zero-order valence-corrected chi connectivity index (χ0v) is 9.07. The van der Waals surface area contributed by atoms with Gasteiger partial charge in [0.05, 0.1) is 5.56 Å². The van der Waals surface area contributed by atoms with Gasteiger partial charge in [0.1, 0.15) is 5.75 Å². The van der Waals surface area contributed by atoms with Gasteiger partial charge in [-0.2, -0.15) is 0 Å². The normalized spacial score (nSPS) is 20.4. The molecule has 1 aliphatic heterocycles. The average molecular weight is 220 g/mol. The number of phenolic OH excluding ortho intramolecular Hbond substituents is 1. The number of rotatable bonds is 2. The first-order valence-electron chi connectivity index (χ1n) is 5.57. The average Bonchev–Trinajstić information content (AvgIpc) is 2.31. The maximum absolute atomic E-state index is 11.8. The second-order valence-corrected chi connectivity index (χ2v) is 4.03. The number of nitrogens with one attached hydrogen (secondary N) is 2. The monoisotopic (exact) mass is 220 g/mol. The van der Waals surface area contributed by atoms with E-state index in [1.165, 1.54) is 6.07 Å². The summed E-state index contributed by atoms with van der Waals surface area (Å²) >= 11 is 0. The van der Waals surface area contributed by atoms with Gasteiger partial charge in [-0.3, -0.25) is 4.79 Å². The van der Waals surface area contributed by atoms with Crippen molar-refractivity contribution in [2.24, 2.45) is 0 Å². The van der Waals surface area contributed by atoms with Gasteiger partial charge >= 0.3 is 0 Å². The minimum atomic E-state index is -0.202. The summed E-state index contributed by atoms with van der Waals surface area (Å²) in [6.07, 6.45) is 2.07. The molecule has 1 aromatic carbocycles. The number of benzene rings is 1. The number of hydrogen-bond donors (Lipinski definition) is 3. The van der Waals surface area contributed by atoms with Crippen molar-refractivity contribution in [3.63, 3.8) is 0 Å². The highest BCUT2D eigenvalue weighted by atomic mass is 16.3. The standard InChI is InChI=1S/C12H16N2O2/c15-11-6-2-1-5-10(11)12(16)14-9-4-3-7-13-8-9/h1-2,5-6,9,13,15H,3-4,7-8H2,(H,14,16). The third-order valence-electron chi connectivity index (χ3n) is 2.78. The summed E-state index contributed by atoms with van der Waals surface area (Å²) in [5.41, 5.74) is 0.341. The maximum Gasteiger partial charge on any atom is 0.255 e. The Morgan fingerprint density at radius 3 is 2.94 bits per heavy atom. The molecule has 86 valence electrons. The van der Waals surface area contributed by atoms with Gasteiger partial charge in [0.25, 0.3) is 5.91 Å². The van der Waals surface area contributed by atoms with Crippen molar-refractivity contribution in [2.45, 2.75) is 18.9 Å². The van der Waals surface area contributed by atoms with Crippen LogP contribution in [0.3, 0.4) is 0 Å². The summed E-state index contributed by atoms with van der Waals surface area (Å²) in [5.74, 6) is -0.171. The number of phenols is 1. The molecular weight excluding hydrogens is 204 g/mol. The molecule has 0 radical (unpaired) electrons. The molecule has 1 saturated heterocycles. The summed E-state index contributed by atoms with van der Waals surface area (Å²) in [4.78, 5) is 11.8. The third-order valence-corrected chi connectivity index (χ3v) is 2.78. The molecule has 4 nitrogen and oxygen atoms in total. The van der Waals surface area contributed by atoms with Crippen LogP contribution in [-0.4, -0.2) is 30.1 Å². The van der Waals surface area contributed by atoms with Crippen LogP contribution in [0.5, 0.6) is 5.75 Å². The third kappa shape index (κ3) is 2.52. The number of amides is 1. The molecule has 16 heavy (non-hydrogen) atoms. The van der Waals surface area contributed by atoms with Crippen LogP contribution in [0.15, 0.2) is 24.3 Å². The van der Waals surface area contributed by atoms with E-state index in [0.29, 0.717) is 5.56 Å². The first-order chi connectivity index (χ1) is 7.77. The molecule has 1 fully saturated rings. The molecule has 1 amide bonds. The Morgan fingerprint density at radius 1 is 1.44 bits per heavy atom. The van der Waals surface area contributed by atoms with Crippen LogP contribution in [0.4, 0.5) is 0 Å². The molecule has 1 aromatic rings. The Labute approximate surface area is 94.7 Å². The van der Waals surface area contributed by atoms with E-state index in [0.717, 1.165) is 25.9 Å². The fourth-order valence-corrected chi connectivity index (χ4v) is 1.90. The van der Waals surface area contributed by atoms with E-state index < -0.39 is 0 Å². The molecule has 1 atom stereocenters. The fourth-order valence-electron chi connectivity index (χ4n) is 1.90. The largest absolute Gasteiger partial charge is 0.507 e. The Balaban J connectivity index is 2.00. The van der Waals surface area contributed by atoms with Gasteiger partial charge in [0, 0.05) is 12.6 Å². The van der Waals surface area contributed by atoms with Gasteiger partial charge in [0.15, 0.2) is 0 Å². The molecule has 0 saturated carbocycles. The zero-order valence-electron chi connectivity index (χ0n) is 9.07. The molecule has 0 spiro atoms. The van der Waals surface area contributed by atoms with E-state index in [1.807, 2.05) is 0 Å². The smallest absolute Gasteiger partial charge is 0.255 e. The predicted molar refractivity (Wildman–Crippen MR) is 61.5 cm³/mol. The second-order valence-electron chi connectivity index (χ2n) is 4.03. The van der Waals surface area contributed by atoms with Crippen LogP contribution in [0.25, 0.3) is 0 Å². The number of piperidine rings is 1. The molecule has 3 N–H and O–H groups in total. The first-order valence-corrected chi connectivity index (χ1v) is 5.57. The quantitative estimate of drug-likeness (QED) is 0.693. The van der Waals surface area contributed by atoms with E-state index in [-0.39, 0.29) is 17.7 Å². The van der Waals surface area contributed by atoms with Crippen molar-refractivity contribution in [1.82, 2.24) is 10.6 Å². The molecular formula is C12H16N2O2. The molecule has 2 rings (SSSR count). The van der Waals surface area contributed by atoms with Crippen LogP contribution >= 0.6 is 0 Å². The summed E-state index contributed by atoms with van der Waals surface area (Å²) in [5, 5.41) is 15.7. The zero-order chi connectivity index (χ0) is 11.4. The van der Waals surface area contributed by atoms with E-state index in [1.54, 1.807) is 18.2 Å². The van der Waals surface area contributed by atoms with Gasteiger partial charge in [-0.05, 0) is 31.5 Å². The number of carbonyl (C=O) groups is 1. The van der Waals surface area contributed by atoms with Crippen LogP contribution in [0, 0.1) is 0 Å². The topological polar surface area (TPSA) is 61.4 Å². The predicted octanol–water partition coefficient (Wildman–Crippen LogP) is 0.874. The van der Waals surface area contributed by atoms with E-state index >= 15 is 0 Å². The second kappa shape index (κ2) is 4.99. The molecule has 0 bridgehead atoms. The Bertz CT molecular complexity index is 373. The lowest BCUT2D eigenvalue weighted by molar-refractivity contribution is 0.0928. The minimum absolute atomic E-state index is 0.0313. The summed E-state index contributed by atoms with van der Waals surface area (Å²) in [7, 11) is 0. The Morgan fingerprint density at radius 2 is 2.25 bits per heavy atom. The summed E-state index contributed by atoms with van der Waals surface area (Å²) < 4.78 is 0. The Kier molecular flexibility index (Phi) is 3.41. The van der Waals surface area contributed by atoms with Crippen molar-refractivity contribution in [3.05, 3.63) is 29.8 Å². The lowest BCUT2D eigenvalue weighted by Gasteiger charge is -2.23. The highest BCUT2D eigenvalue weighted by Gasteiger charge is 2.17. The molecule has 4 heteroatoms. The number of para-hydroxylation sites is 1. The van der Waals surface area contributed by atoms with Crippen LogP contribution in [-0.2, 0) is 0 Å².